The summed E-state index contributed by atoms with van der Waals surface area (Å²) in [5.41, 5.74) is 6.03. The molecule has 0 radical (unpaired) electrons. The molecule has 0 aliphatic carbocycles. The van der Waals surface area contributed by atoms with Crippen LogP contribution in [0.15, 0.2) is 95.3 Å². The molecular formula is C26H21ClN4O. The van der Waals surface area contributed by atoms with Crippen molar-refractivity contribution in [3.63, 3.8) is 0 Å². The average Bonchev–Trinajstić information content (AvgIpc) is 3.17. The van der Waals surface area contributed by atoms with Crippen LogP contribution in [0.2, 0.25) is 5.02 Å². The highest BCUT2D eigenvalue weighted by atomic mass is 35.5. The van der Waals surface area contributed by atoms with Gasteiger partial charge >= 0.3 is 0 Å². The Hall–Kier alpha value is -3.70. The van der Waals surface area contributed by atoms with Crippen LogP contribution in [-0.4, -0.2) is 10.5 Å². The van der Waals surface area contributed by atoms with Crippen molar-refractivity contribution in [1.29, 1.82) is 0 Å². The number of rotatable bonds is 3. The summed E-state index contributed by atoms with van der Waals surface area (Å²) in [6, 6.07) is 25.0. The number of nitrogens with zero attached hydrogens (tertiary/aromatic N) is 4. The molecule has 1 aliphatic heterocycles. The lowest BCUT2D eigenvalue weighted by Gasteiger charge is -2.23. The monoisotopic (exact) mass is 440 g/mol. The lowest BCUT2D eigenvalue weighted by Crippen LogP contribution is -2.30. The number of carbonyl (C=O) groups excluding carboxylic acids is 1. The van der Waals surface area contributed by atoms with Gasteiger partial charge in [0.2, 0.25) is 0 Å². The summed E-state index contributed by atoms with van der Waals surface area (Å²) in [5.74, 6) is -0.140. The molecule has 0 fully saturated rings. The number of carbonyl (C=O) groups is 1. The number of hydrogen-bond donors (Lipinski definition) is 0. The number of azo groups is 1. The van der Waals surface area contributed by atoms with Gasteiger partial charge in [-0.25, -0.2) is 0 Å². The number of halogens is 1. The van der Waals surface area contributed by atoms with Crippen LogP contribution in [-0.2, 0) is 13.1 Å². The highest BCUT2D eigenvalue weighted by Crippen LogP contribution is 2.32. The van der Waals surface area contributed by atoms with E-state index in [0.717, 1.165) is 34.7 Å². The van der Waals surface area contributed by atoms with E-state index in [0.29, 0.717) is 22.8 Å². The predicted molar refractivity (Wildman–Crippen MR) is 127 cm³/mol. The molecule has 5 rings (SSSR count). The summed E-state index contributed by atoms with van der Waals surface area (Å²) < 4.78 is 2.17. The summed E-state index contributed by atoms with van der Waals surface area (Å²) in [7, 11) is 0. The molecule has 1 aromatic heterocycles. The average molecular weight is 441 g/mol. The van der Waals surface area contributed by atoms with Crippen LogP contribution in [0.3, 0.4) is 0 Å². The number of para-hydroxylation sites is 1. The molecule has 1 aliphatic rings. The van der Waals surface area contributed by atoms with Gasteiger partial charge in [0.1, 0.15) is 0 Å². The van der Waals surface area contributed by atoms with Crippen LogP contribution in [0.5, 0.6) is 0 Å². The Kier molecular flexibility index (Phi) is 5.33. The number of benzene rings is 3. The lowest BCUT2D eigenvalue weighted by atomic mass is 10.1. The summed E-state index contributed by atoms with van der Waals surface area (Å²) in [6.45, 7) is 3.23. The van der Waals surface area contributed by atoms with Crippen molar-refractivity contribution < 1.29 is 4.79 Å². The molecule has 0 bridgehead atoms. The summed E-state index contributed by atoms with van der Waals surface area (Å²) >= 11 is 6.54. The molecule has 1 amide bonds. The van der Waals surface area contributed by atoms with Crippen molar-refractivity contribution in [1.82, 2.24) is 4.57 Å². The summed E-state index contributed by atoms with van der Waals surface area (Å²) in [5, 5.41) is 8.87. The number of aryl methyl sites for hydroxylation is 1. The van der Waals surface area contributed by atoms with Gasteiger partial charge in [-0.15, -0.1) is 0 Å². The van der Waals surface area contributed by atoms with E-state index in [1.807, 2.05) is 67.7 Å². The first kappa shape index (κ1) is 20.2. The van der Waals surface area contributed by atoms with E-state index in [1.165, 1.54) is 0 Å². The first-order valence-electron chi connectivity index (χ1n) is 10.4. The number of hydrogen-bond acceptors (Lipinski definition) is 3. The van der Waals surface area contributed by atoms with Gasteiger partial charge in [0.15, 0.2) is 0 Å². The molecule has 6 heteroatoms. The maximum Gasteiger partial charge on any atom is 0.260 e. The van der Waals surface area contributed by atoms with E-state index >= 15 is 0 Å². The minimum atomic E-state index is -0.140. The number of aromatic nitrogens is 1. The SMILES string of the molecule is Cc1ccc(N=Nc2ccc(C(=O)N3Cc4cccn4Cc4ccccc43)c(Cl)c2)cc1. The summed E-state index contributed by atoms with van der Waals surface area (Å²) in [4.78, 5) is 15.4. The van der Waals surface area contributed by atoms with E-state index in [9.17, 15) is 4.79 Å². The van der Waals surface area contributed by atoms with Crippen LogP contribution in [0.4, 0.5) is 17.1 Å². The smallest absolute Gasteiger partial charge is 0.260 e. The molecule has 0 spiro atoms. The third-order valence-electron chi connectivity index (χ3n) is 5.61. The first-order chi connectivity index (χ1) is 15.6. The Bertz CT molecular complexity index is 1320. The maximum atomic E-state index is 13.6. The van der Waals surface area contributed by atoms with Gasteiger partial charge in [-0.1, -0.05) is 47.5 Å². The second-order valence-electron chi connectivity index (χ2n) is 7.85. The number of anilines is 1. The van der Waals surface area contributed by atoms with Crippen LogP contribution in [0, 0.1) is 6.92 Å². The van der Waals surface area contributed by atoms with Gasteiger partial charge in [-0.2, -0.15) is 10.2 Å². The quantitative estimate of drug-likeness (QED) is 0.314. The van der Waals surface area contributed by atoms with Crippen molar-refractivity contribution in [3.8, 4) is 0 Å². The molecule has 2 heterocycles. The zero-order chi connectivity index (χ0) is 22.1. The van der Waals surface area contributed by atoms with Crippen molar-refractivity contribution in [2.45, 2.75) is 20.0 Å². The largest absolute Gasteiger partial charge is 0.345 e. The summed E-state index contributed by atoms with van der Waals surface area (Å²) in [6.07, 6.45) is 2.04. The Morgan fingerprint density at radius 1 is 0.875 bits per heavy atom. The highest BCUT2D eigenvalue weighted by Gasteiger charge is 2.26. The van der Waals surface area contributed by atoms with Gasteiger partial charge in [-0.05, 0) is 61.0 Å². The van der Waals surface area contributed by atoms with Crippen LogP contribution >= 0.6 is 11.6 Å². The normalized spacial score (nSPS) is 13.0. The fraction of sp³-hybridized carbons (Fsp3) is 0.115. The molecule has 0 saturated heterocycles. The van der Waals surface area contributed by atoms with E-state index < -0.39 is 0 Å². The Labute approximate surface area is 191 Å². The molecule has 4 aromatic rings. The van der Waals surface area contributed by atoms with Crippen molar-refractivity contribution in [2.24, 2.45) is 10.2 Å². The third-order valence-corrected chi connectivity index (χ3v) is 5.92. The molecule has 0 unspecified atom stereocenters. The Balaban J connectivity index is 1.45. The minimum absolute atomic E-state index is 0.140. The fourth-order valence-electron chi connectivity index (χ4n) is 3.88. The van der Waals surface area contributed by atoms with Crippen LogP contribution in [0.1, 0.15) is 27.2 Å². The Morgan fingerprint density at radius 3 is 2.44 bits per heavy atom. The minimum Gasteiger partial charge on any atom is -0.345 e. The molecule has 0 saturated carbocycles. The Morgan fingerprint density at radius 2 is 1.62 bits per heavy atom. The predicted octanol–water partition coefficient (Wildman–Crippen LogP) is 7.07. The molecule has 3 aromatic carbocycles. The van der Waals surface area contributed by atoms with Crippen molar-refractivity contribution in [2.75, 3.05) is 4.90 Å². The van der Waals surface area contributed by atoms with Gasteiger partial charge in [0.25, 0.3) is 5.91 Å². The lowest BCUT2D eigenvalue weighted by molar-refractivity contribution is 0.0985. The van der Waals surface area contributed by atoms with E-state index in [2.05, 4.69) is 20.9 Å². The zero-order valence-electron chi connectivity index (χ0n) is 17.6. The van der Waals surface area contributed by atoms with Crippen LogP contribution < -0.4 is 4.90 Å². The van der Waals surface area contributed by atoms with Crippen molar-refractivity contribution in [3.05, 3.63) is 112 Å². The second-order valence-corrected chi connectivity index (χ2v) is 8.25. The van der Waals surface area contributed by atoms with Crippen molar-refractivity contribution >= 4 is 34.6 Å². The zero-order valence-corrected chi connectivity index (χ0v) is 18.3. The molecular weight excluding hydrogens is 420 g/mol. The maximum absolute atomic E-state index is 13.6. The fourth-order valence-corrected chi connectivity index (χ4v) is 4.13. The molecule has 32 heavy (non-hydrogen) atoms. The van der Waals surface area contributed by atoms with Gasteiger partial charge in [-0.3, -0.25) is 4.79 Å². The topological polar surface area (TPSA) is 50.0 Å². The molecule has 0 atom stereocenters. The number of amides is 1. The molecule has 0 N–H and O–H groups in total. The van der Waals surface area contributed by atoms with E-state index in [4.69, 9.17) is 11.6 Å². The van der Waals surface area contributed by atoms with E-state index in [-0.39, 0.29) is 5.91 Å². The van der Waals surface area contributed by atoms with Gasteiger partial charge in [0, 0.05) is 24.1 Å². The molecule has 5 nitrogen and oxygen atoms in total. The molecule has 158 valence electrons. The van der Waals surface area contributed by atoms with Crippen LogP contribution in [0.25, 0.3) is 0 Å². The second kappa shape index (κ2) is 8.44. The highest BCUT2D eigenvalue weighted by molar-refractivity contribution is 6.34. The van der Waals surface area contributed by atoms with E-state index in [1.54, 1.807) is 23.1 Å². The van der Waals surface area contributed by atoms with Gasteiger partial charge in [0.05, 0.1) is 28.5 Å². The van der Waals surface area contributed by atoms with Gasteiger partial charge < -0.3 is 9.47 Å². The first-order valence-corrected chi connectivity index (χ1v) is 10.8. The third kappa shape index (κ3) is 3.95. The standard InChI is InChI=1S/C26H21ClN4O/c1-18-8-10-20(11-9-18)28-29-21-12-13-23(24(27)15-21)26(32)31-17-22-6-4-14-30(22)16-19-5-2-3-7-25(19)31/h2-15H,16-17H2,1H3. The number of fused-ring (bicyclic) bond motifs is 2.